The summed E-state index contributed by atoms with van der Waals surface area (Å²) in [5.41, 5.74) is 2.48. The first-order chi connectivity index (χ1) is 19.3. The number of aryl methyl sites for hydroxylation is 1. The second-order valence-corrected chi connectivity index (χ2v) is 9.20. The fourth-order valence-electron chi connectivity index (χ4n) is 4.20. The number of hydrogen-bond acceptors (Lipinski definition) is 7. The molecular formula is C32H36N2O7. The van der Waals surface area contributed by atoms with E-state index in [0.717, 1.165) is 22.6 Å². The summed E-state index contributed by atoms with van der Waals surface area (Å²) in [5.74, 6) is 1.72. The lowest BCUT2D eigenvalue weighted by molar-refractivity contribution is -0.142. The van der Waals surface area contributed by atoms with E-state index in [2.05, 4.69) is 4.98 Å². The minimum Gasteiger partial charge on any atom is -0.497 e. The number of carbonyl (C=O) groups is 2. The number of ether oxygens (including phenoxy) is 3. The average Bonchev–Trinajstić information content (AvgIpc) is 3.34. The van der Waals surface area contributed by atoms with Gasteiger partial charge in [-0.05, 0) is 74.9 Å². The summed E-state index contributed by atoms with van der Waals surface area (Å²) in [6.45, 7) is 5.48. The molecule has 3 aromatic carbocycles. The Balaban J connectivity index is 0.00000462. The molecule has 216 valence electrons. The van der Waals surface area contributed by atoms with E-state index in [4.69, 9.17) is 18.6 Å². The largest absolute Gasteiger partial charge is 0.497 e. The van der Waals surface area contributed by atoms with E-state index in [1.54, 1.807) is 55.5 Å². The van der Waals surface area contributed by atoms with Gasteiger partial charge in [0.2, 0.25) is 5.89 Å². The first-order valence-corrected chi connectivity index (χ1v) is 12.9. The van der Waals surface area contributed by atoms with Crippen molar-refractivity contribution in [2.24, 2.45) is 0 Å². The van der Waals surface area contributed by atoms with Gasteiger partial charge in [0.05, 0.1) is 25.5 Å². The predicted molar refractivity (Wildman–Crippen MR) is 155 cm³/mol. The van der Waals surface area contributed by atoms with Gasteiger partial charge in [-0.3, -0.25) is 4.90 Å². The topological polar surface area (TPSA) is 111 Å². The van der Waals surface area contributed by atoms with Crippen LogP contribution in [0, 0.1) is 6.92 Å². The Hall–Kier alpha value is -4.79. The molecule has 0 aliphatic rings. The molecule has 0 aliphatic carbocycles. The van der Waals surface area contributed by atoms with Gasteiger partial charge >= 0.3 is 12.1 Å². The summed E-state index contributed by atoms with van der Waals surface area (Å²) in [6.07, 6.45) is -0.202. The van der Waals surface area contributed by atoms with Crippen molar-refractivity contribution in [2.75, 3.05) is 13.7 Å². The summed E-state index contributed by atoms with van der Waals surface area (Å²) in [7, 11) is 1.54. The van der Waals surface area contributed by atoms with Crippen LogP contribution in [-0.2, 0) is 11.2 Å². The summed E-state index contributed by atoms with van der Waals surface area (Å²) >= 11 is 0. The van der Waals surface area contributed by atoms with Crippen LogP contribution >= 0.6 is 0 Å². The van der Waals surface area contributed by atoms with Crippen LogP contribution in [0.2, 0.25) is 0 Å². The fraction of sp³-hybridized carbons (Fsp3) is 0.281. The average molecular weight is 561 g/mol. The van der Waals surface area contributed by atoms with Gasteiger partial charge in [0.15, 0.2) is 0 Å². The lowest BCUT2D eigenvalue weighted by atomic mass is 10.1. The molecule has 1 heterocycles. The zero-order valence-corrected chi connectivity index (χ0v) is 22.9. The number of carboxylic acids is 1. The molecule has 0 bridgehead atoms. The van der Waals surface area contributed by atoms with Crippen molar-refractivity contribution >= 4 is 12.1 Å². The second-order valence-electron chi connectivity index (χ2n) is 9.20. The van der Waals surface area contributed by atoms with Crippen LogP contribution in [0.25, 0.3) is 11.5 Å². The minimum absolute atomic E-state index is 0. The third-order valence-electron chi connectivity index (χ3n) is 6.55. The molecule has 4 rings (SSSR count). The molecule has 0 saturated heterocycles. The van der Waals surface area contributed by atoms with Gasteiger partial charge in [-0.2, -0.15) is 0 Å². The number of aliphatic carboxylic acids is 1. The maximum absolute atomic E-state index is 13.1. The Morgan fingerprint density at radius 1 is 0.927 bits per heavy atom. The van der Waals surface area contributed by atoms with Crippen molar-refractivity contribution in [3.8, 4) is 28.7 Å². The number of oxazole rings is 1. The van der Waals surface area contributed by atoms with E-state index in [1.807, 2.05) is 37.3 Å². The molecule has 1 N–H and O–H groups in total. The molecule has 0 aliphatic heterocycles. The van der Waals surface area contributed by atoms with Gasteiger partial charge in [-0.25, -0.2) is 14.6 Å². The van der Waals surface area contributed by atoms with Gasteiger partial charge < -0.3 is 23.7 Å². The highest BCUT2D eigenvalue weighted by Crippen LogP contribution is 2.27. The van der Waals surface area contributed by atoms with Crippen molar-refractivity contribution in [1.29, 1.82) is 0 Å². The molecule has 1 aromatic heterocycles. The Kier molecular flexibility index (Phi) is 10.5. The van der Waals surface area contributed by atoms with Crippen LogP contribution in [0.4, 0.5) is 4.79 Å². The molecule has 0 radical (unpaired) electrons. The molecule has 4 aromatic rings. The number of nitrogens with zero attached hydrogens (tertiary/aromatic N) is 2. The van der Waals surface area contributed by atoms with Gasteiger partial charge in [0.1, 0.15) is 29.1 Å². The van der Waals surface area contributed by atoms with E-state index < -0.39 is 24.1 Å². The summed E-state index contributed by atoms with van der Waals surface area (Å²) in [6, 6.07) is 21.7. The number of benzene rings is 3. The number of rotatable bonds is 11. The number of carboxylic acid groups (broad SMARTS) is 1. The molecule has 9 nitrogen and oxygen atoms in total. The fourth-order valence-corrected chi connectivity index (χ4v) is 4.20. The minimum atomic E-state index is -1.14. The van der Waals surface area contributed by atoms with Crippen molar-refractivity contribution in [1.82, 2.24) is 9.88 Å². The predicted octanol–water partition coefficient (Wildman–Crippen LogP) is 6.95. The molecule has 41 heavy (non-hydrogen) atoms. The molecule has 9 heteroatoms. The molecule has 1 amide bonds. The Labute approximate surface area is 240 Å². The SMILES string of the molecule is C.COc1ccc(OC(=O)N([C@H](C)c2ccc(OCCc3nc(-c4ccccc4)oc3C)cc2)[C@@H](C)C(=O)O)cc1. The monoisotopic (exact) mass is 560 g/mol. The Morgan fingerprint density at radius 3 is 2.15 bits per heavy atom. The highest BCUT2D eigenvalue weighted by molar-refractivity contribution is 5.81. The van der Waals surface area contributed by atoms with Crippen molar-refractivity contribution in [3.05, 3.63) is 95.9 Å². The van der Waals surface area contributed by atoms with Crippen LogP contribution in [0.1, 0.15) is 44.3 Å². The first-order valence-electron chi connectivity index (χ1n) is 12.9. The highest BCUT2D eigenvalue weighted by atomic mass is 16.6. The van der Waals surface area contributed by atoms with Crippen molar-refractivity contribution in [3.63, 3.8) is 0 Å². The highest BCUT2D eigenvalue weighted by Gasteiger charge is 2.32. The van der Waals surface area contributed by atoms with Crippen LogP contribution in [0.5, 0.6) is 17.2 Å². The summed E-state index contributed by atoms with van der Waals surface area (Å²) in [4.78, 5) is 30.7. The van der Waals surface area contributed by atoms with Gasteiger partial charge in [-0.15, -0.1) is 0 Å². The lowest BCUT2D eigenvalue weighted by Gasteiger charge is -2.31. The van der Waals surface area contributed by atoms with E-state index in [9.17, 15) is 14.7 Å². The number of hydrogen-bond donors (Lipinski definition) is 1. The third kappa shape index (κ3) is 7.66. The van der Waals surface area contributed by atoms with Crippen molar-refractivity contribution in [2.45, 2.75) is 46.7 Å². The van der Waals surface area contributed by atoms with E-state index in [-0.39, 0.29) is 13.2 Å². The summed E-state index contributed by atoms with van der Waals surface area (Å²) < 4.78 is 22.3. The number of aromatic nitrogens is 1. The number of amides is 1. The maximum atomic E-state index is 13.1. The van der Waals surface area contributed by atoms with Gasteiger partial charge in [0.25, 0.3) is 0 Å². The zero-order chi connectivity index (χ0) is 28.6. The molecule has 0 fully saturated rings. The lowest BCUT2D eigenvalue weighted by Crippen LogP contribution is -2.46. The van der Waals surface area contributed by atoms with E-state index in [1.165, 1.54) is 18.9 Å². The van der Waals surface area contributed by atoms with Gasteiger partial charge in [0, 0.05) is 12.0 Å². The number of methoxy groups -OCH3 is 1. The molecule has 0 saturated carbocycles. The third-order valence-corrected chi connectivity index (χ3v) is 6.55. The quantitative estimate of drug-likeness (QED) is 0.210. The second kappa shape index (κ2) is 14.0. The Bertz CT molecular complexity index is 1420. The van der Waals surface area contributed by atoms with Crippen LogP contribution < -0.4 is 14.2 Å². The Morgan fingerprint density at radius 2 is 1.54 bits per heavy atom. The normalized spacial score (nSPS) is 12.0. The number of carbonyl (C=O) groups excluding carboxylic acids is 1. The van der Waals surface area contributed by atoms with Crippen LogP contribution in [0.3, 0.4) is 0 Å². The summed E-state index contributed by atoms with van der Waals surface area (Å²) in [5, 5.41) is 9.65. The standard InChI is InChI=1S/C31H32N2O7.CH4/c1-20(33(21(2)30(34)35)31(36)40-27-16-14-25(37-4)15-17-27)23-10-12-26(13-11-23)38-19-18-28-22(3)39-29(32-28)24-8-6-5-7-9-24;/h5-17,20-21H,18-19H2,1-4H3,(H,34,35);1H4/t20-,21+;/m1./s1. The van der Waals surface area contributed by atoms with Crippen LogP contribution in [0.15, 0.2) is 83.3 Å². The van der Waals surface area contributed by atoms with Crippen LogP contribution in [-0.4, -0.2) is 46.8 Å². The molecule has 0 unspecified atom stereocenters. The van der Waals surface area contributed by atoms with E-state index >= 15 is 0 Å². The molecule has 2 atom stereocenters. The van der Waals surface area contributed by atoms with Gasteiger partial charge in [-0.1, -0.05) is 37.8 Å². The van der Waals surface area contributed by atoms with Crippen molar-refractivity contribution < 1.29 is 33.3 Å². The maximum Gasteiger partial charge on any atom is 0.416 e. The molecule has 0 spiro atoms. The smallest absolute Gasteiger partial charge is 0.416 e. The molecular weight excluding hydrogens is 524 g/mol. The first kappa shape index (κ1) is 30.7. The zero-order valence-electron chi connectivity index (χ0n) is 22.9. The van der Waals surface area contributed by atoms with E-state index in [0.29, 0.717) is 30.4 Å².